The molecular weight excluding hydrogens is 1130 g/mol. The molecule has 0 spiro atoms. The van der Waals surface area contributed by atoms with Gasteiger partial charge in [0, 0.05) is 95.2 Å². The Kier molecular flexibility index (Phi) is 44.7. The molecule has 30 nitrogen and oxygen atoms in total. The smallest absolute Gasteiger partial charge is 0.487 e. The summed E-state index contributed by atoms with van der Waals surface area (Å²) in [6.45, 7) is 10.7. The number of halogens is 3. The van der Waals surface area contributed by atoms with Gasteiger partial charge in [-0.25, -0.2) is 15.0 Å². The van der Waals surface area contributed by atoms with Crippen LogP contribution in [0.25, 0.3) is 31.3 Å². The lowest BCUT2D eigenvalue weighted by Crippen LogP contribution is -2.33. The van der Waals surface area contributed by atoms with Crippen LogP contribution in [0.1, 0.15) is 0 Å². The average Bonchev–Trinajstić information content (AvgIpc) is 3.50. The van der Waals surface area contributed by atoms with E-state index in [1.165, 1.54) is 0 Å². The van der Waals surface area contributed by atoms with Crippen LogP contribution in [0.15, 0.2) is 70.3 Å². The molecule has 0 aliphatic heterocycles. The van der Waals surface area contributed by atoms with Gasteiger partial charge in [0.15, 0.2) is 23.1 Å². The third-order valence-corrected chi connectivity index (χ3v) is 10.2. The predicted molar refractivity (Wildman–Crippen MR) is 303 cm³/mol. The fourth-order valence-electron chi connectivity index (χ4n) is 5.53. The van der Waals surface area contributed by atoms with E-state index in [1.807, 2.05) is 83.6 Å². The van der Waals surface area contributed by atoms with Crippen LogP contribution in [0, 0.1) is 14.1 Å². The number of quaternary nitrogens is 2. The number of hydrogen-bond acceptors (Lipinski definition) is 22. The van der Waals surface area contributed by atoms with Gasteiger partial charge >= 0.3 is 15.6 Å². The van der Waals surface area contributed by atoms with E-state index >= 15 is 0 Å². The Labute approximate surface area is 484 Å². The molecule has 0 atom stereocenters. The monoisotopic (exact) mass is 1210 g/mol. The van der Waals surface area contributed by atoms with E-state index in [4.69, 9.17) is 73.4 Å². The second-order valence-corrected chi connectivity index (χ2v) is 18.9. The Morgan fingerprint density at radius 2 is 0.759 bits per heavy atom. The third-order valence-electron chi connectivity index (χ3n) is 9.21. The molecule has 0 aromatic carbocycles. The minimum Gasteiger partial charge on any atom is -0.487 e. The molecule has 3 rings (SSSR count). The zero-order chi connectivity index (χ0) is 61.9. The maximum absolute atomic E-state index is 11.1. The second kappa shape index (κ2) is 48.2. The molecule has 0 fully saturated rings. The summed E-state index contributed by atoms with van der Waals surface area (Å²) in [5.74, 6) is 4.49. The van der Waals surface area contributed by atoms with Gasteiger partial charge in [-0.05, 0) is 53.0 Å². The molecule has 34 heteroatoms. The summed E-state index contributed by atoms with van der Waals surface area (Å²) in [6.07, 6.45) is 5.18. The highest BCUT2D eigenvalue weighted by atomic mass is 32.2. The van der Waals surface area contributed by atoms with Gasteiger partial charge in [-0.15, -0.1) is 14.1 Å². The molecule has 3 aromatic heterocycles. The summed E-state index contributed by atoms with van der Waals surface area (Å²) in [5, 5.41) is 10.1. The van der Waals surface area contributed by atoms with Crippen molar-refractivity contribution in [3.05, 3.63) is 100 Å². The van der Waals surface area contributed by atoms with E-state index in [9.17, 15) is 21.6 Å². The molecule has 0 saturated heterocycles. The van der Waals surface area contributed by atoms with Crippen molar-refractivity contribution in [2.45, 2.75) is 5.51 Å². The summed E-state index contributed by atoms with van der Waals surface area (Å²) in [4.78, 5) is 22.7. The van der Waals surface area contributed by atoms with Crippen LogP contribution in [0.3, 0.4) is 0 Å². The minimum atomic E-state index is -5.34. The number of azide groups is 3. The minimum absolute atomic E-state index is 0.336. The lowest BCUT2D eigenvalue weighted by molar-refractivity contribution is -0.0526. The second-order valence-electron chi connectivity index (χ2n) is 17.2. The van der Waals surface area contributed by atoms with Crippen molar-refractivity contribution < 1.29 is 82.6 Å². The van der Waals surface area contributed by atoms with Gasteiger partial charge in [0.25, 0.3) is 0 Å². The number of anilines is 1. The number of alkyl halides is 3. The van der Waals surface area contributed by atoms with Crippen molar-refractivity contribution >= 4 is 27.6 Å². The lowest BCUT2D eigenvalue weighted by Gasteiger charge is -2.31. The topological polar surface area (TPSA) is 342 Å². The molecular formula is C49H82F3N15O15S. The van der Waals surface area contributed by atoms with Crippen LogP contribution < -0.4 is 28.1 Å². The quantitative estimate of drug-likeness (QED) is 0.00828. The summed E-state index contributed by atoms with van der Waals surface area (Å²) >= 11 is 0. The summed E-state index contributed by atoms with van der Waals surface area (Å²) in [6, 6.07) is 11.1. The van der Waals surface area contributed by atoms with Crippen molar-refractivity contribution in [1.82, 2.24) is 23.9 Å². The van der Waals surface area contributed by atoms with Crippen LogP contribution in [0.5, 0.6) is 17.2 Å². The standard InChI is InChI=1S/2C16H27N5O4.C15H25N5O4.C2H3F3O3S/c2*1-21(2,3)16-15(5-4-6-18-16)25-14-13-24-12-11-23-10-9-22-8-7-19-20-17;1-20(2)15-14(4-3-5-17-15)24-13-12-23-11-10-22-9-8-21-7-6-18-19-16;1-8-9(6,7)2(3,4)5/h2*4-6H,1,7-14H2,2-3H3;3-5H,6-13H2,1-2H3;1H3. The zero-order valence-electron chi connectivity index (χ0n) is 48.5. The molecule has 0 bridgehead atoms. The molecule has 0 amide bonds. The zero-order valence-corrected chi connectivity index (χ0v) is 49.3. The first-order valence-corrected chi connectivity index (χ1v) is 27.0. The molecule has 83 heavy (non-hydrogen) atoms. The van der Waals surface area contributed by atoms with Crippen LogP contribution >= 0.6 is 0 Å². The molecule has 0 saturated carbocycles. The first-order valence-electron chi connectivity index (χ1n) is 25.6. The van der Waals surface area contributed by atoms with Gasteiger partial charge in [-0.3, -0.25) is 4.18 Å². The normalized spacial score (nSPS) is 11.2. The molecule has 0 unspecified atom stereocenters. The SMILES string of the molecule is CN(C)c1ncccc1OCCOCCOCCOCCN=[N+]=[N-].COS(=O)(=O)C(F)(F)F.[CH2-][N+](C)(C)c1ncccc1OCCOCCOCCOCCN=[N+]=[N-].[CH2-][N+](C)(C)c1ncccc1OCCOCCOCCOCCN=[N+]=[N-]. The van der Waals surface area contributed by atoms with E-state index in [0.717, 1.165) is 23.2 Å². The van der Waals surface area contributed by atoms with Crippen molar-refractivity contribution in [3.63, 3.8) is 0 Å². The maximum Gasteiger partial charge on any atom is 0.523 e. The number of aromatic nitrogens is 3. The fraction of sp³-hybridized carbons (Fsp3) is 0.653. The Balaban J connectivity index is 0.00000113. The number of nitrogens with zero attached hydrogens (tertiary/aromatic N) is 15. The fourth-order valence-corrected chi connectivity index (χ4v) is 5.72. The molecule has 0 aliphatic carbocycles. The number of hydrogen-bond donors (Lipinski definition) is 0. The number of pyridine rings is 3. The van der Waals surface area contributed by atoms with Crippen LogP contribution in [-0.2, 0) is 56.9 Å². The van der Waals surface area contributed by atoms with Crippen LogP contribution in [-0.4, -0.2) is 237 Å². The summed E-state index contributed by atoms with van der Waals surface area (Å²) in [5.41, 5.74) is 19.0. The summed E-state index contributed by atoms with van der Waals surface area (Å²) in [7, 11) is 14.8. The molecule has 3 heterocycles. The van der Waals surface area contributed by atoms with Gasteiger partial charge in [0.1, 0.15) is 19.8 Å². The highest BCUT2D eigenvalue weighted by Gasteiger charge is 2.46. The van der Waals surface area contributed by atoms with Gasteiger partial charge < -0.3 is 70.7 Å². The molecule has 470 valence electrons. The van der Waals surface area contributed by atoms with Gasteiger partial charge in [0.2, 0.25) is 11.6 Å². The molecule has 0 N–H and O–H groups in total. The van der Waals surface area contributed by atoms with Gasteiger partial charge in [-0.1, -0.05) is 15.3 Å². The van der Waals surface area contributed by atoms with E-state index < -0.39 is 15.6 Å². The van der Waals surface area contributed by atoms with Crippen molar-refractivity contribution in [1.29, 1.82) is 0 Å². The van der Waals surface area contributed by atoms with Crippen molar-refractivity contribution in [3.8, 4) is 17.2 Å². The van der Waals surface area contributed by atoms with Crippen LogP contribution in [0.2, 0.25) is 0 Å². The highest BCUT2D eigenvalue weighted by Crippen LogP contribution is 2.29. The lowest BCUT2D eigenvalue weighted by atomic mass is 10.4. The third kappa shape index (κ3) is 41.5. The molecule has 3 aromatic rings. The highest BCUT2D eigenvalue weighted by molar-refractivity contribution is 7.87. The molecule has 0 radical (unpaired) electrons. The Bertz CT molecular complexity index is 2280. The Morgan fingerprint density at radius 3 is 1.01 bits per heavy atom. The Hall–Kier alpha value is -6.16. The largest absolute Gasteiger partial charge is 0.523 e. The number of ether oxygens (including phenoxy) is 12. The molecule has 0 aliphatic rings. The number of rotatable bonds is 43. The van der Waals surface area contributed by atoms with Gasteiger partial charge in [-0.2, -0.15) is 21.6 Å². The maximum atomic E-state index is 11.1. The van der Waals surface area contributed by atoms with E-state index in [2.05, 4.69) is 63.3 Å². The first-order chi connectivity index (χ1) is 39.7. The predicted octanol–water partition coefficient (Wildman–Crippen LogP) is 6.73. The first kappa shape index (κ1) is 76.8. The van der Waals surface area contributed by atoms with Crippen molar-refractivity contribution in [2.75, 3.05) is 213 Å². The van der Waals surface area contributed by atoms with Crippen molar-refractivity contribution in [2.24, 2.45) is 15.3 Å². The average molecular weight is 1210 g/mol. The Morgan fingerprint density at radius 1 is 0.494 bits per heavy atom. The summed E-state index contributed by atoms with van der Waals surface area (Å²) < 4.78 is 122. The van der Waals surface area contributed by atoms with E-state index in [-0.39, 0.29) is 0 Å². The van der Waals surface area contributed by atoms with Crippen LogP contribution in [0.4, 0.5) is 30.6 Å². The van der Waals surface area contributed by atoms with Gasteiger partial charge in [0.05, 0.1) is 126 Å². The van der Waals surface area contributed by atoms with E-state index in [1.54, 1.807) is 18.6 Å². The van der Waals surface area contributed by atoms with E-state index in [0.29, 0.717) is 186 Å².